The lowest BCUT2D eigenvalue weighted by Gasteiger charge is -2.14. The van der Waals surface area contributed by atoms with Gasteiger partial charge in [0.2, 0.25) is 10.3 Å². The topological polar surface area (TPSA) is 29.5 Å². The van der Waals surface area contributed by atoms with Crippen LogP contribution in [0.5, 0.6) is 0 Å². The molecule has 0 saturated carbocycles. The van der Waals surface area contributed by atoms with Crippen LogP contribution in [0, 0.1) is 0 Å². The smallest absolute Gasteiger partial charge is 0.222 e. The molecule has 0 aromatic carbocycles. The number of nitrogens with zero attached hydrogens (tertiary/aromatic N) is 1. The Morgan fingerprint density at radius 3 is 3.07 bits per heavy atom. The van der Waals surface area contributed by atoms with Crippen LogP contribution in [-0.4, -0.2) is 40.6 Å². The van der Waals surface area contributed by atoms with Gasteiger partial charge in [-0.1, -0.05) is 11.8 Å². The van der Waals surface area contributed by atoms with E-state index in [4.69, 9.17) is 17.0 Å². The van der Waals surface area contributed by atoms with Gasteiger partial charge in [0.1, 0.15) is 0 Å². The molecule has 1 fully saturated rings. The van der Waals surface area contributed by atoms with E-state index in [9.17, 15) is 4.79 Å². The first-order valence-corrected chi connectivity index (χ1v) is 6.20. The van der Waals surface area contributed by atoms with E-state index in [1.807, 2.05) is 11.8 Å². The first kappa shape index (κ1) is 11.8. The van der Waals surface area contributed by atoms with Gasteiger partial charge < -0.3 is 9.64 Å². The van der Waals surface area contributed by atoms with E-state index >= 15 is 0 Å². The highest BCUT2D eigenvalue weighted by molar-refractivity contribution is 8.22. The Hall–Kier alpha value is -0.290. The largest absolute Gasteiger partial charge is 0.479 e. The fourth-order valence-electron chi connectivity index (χ4n) is 1.34. The molecule has 0 radical (unpaired) electrons. The number of hydrogen-bond donors (Lipinski definition) is 0. The van der Waals surface area contributed by atoms with Crippen molar-refractivity contribution in [3.05, 3.63) is 0 Å². The second-order valence-corrected chi connectivity index (χ2v) is 4.71. The SMILES string of the molecule is CCOC(=S)SCCN1CCCC1=O. The van der Waals surface area contributed by atoms with Gasteiger partial charge >= 0.3 is 0 Å². The van der Waals surface area contributed by atoms with Crippen LogP contribution in [0.15, 0.2) is 0 Å². The van der Waals surface area contributed by atoms with Gasteiger partial charge in [0.05, 0.1) is 6.61 Å². The number of hydrogen-bond acceptors (Lipinski definition) is 4. The minimum absolute atomic E-state index is 0.271. The lowest BCUT2D eigenvalue weighted by Crippen LogP contribution is -2.27. The van der Waals surface area contributed by atoms with Crippen LogP contribution >= 0.6 is 24.0 Å². The van der Waals surface area contributed by atoms with E-state index in [1.54, 1.807) is 0 Å². The molecule has 1 aliphatic heterocycles. The van der Waals surface area contributed by atoms with E-state index < -0.39 is 0 Å². The highest BCUT2D eigenvalue weighted by Gasteiger charge is 2.19. The fraction of sp³-hybridized carbons (Fsp3) is 0.778. The molecule has 0 spiro atoms. The summed E-state index contributed by atoms with van der Waals surface area (Å²) in [7, 11) is 0. The van der Waals surface area contributed by atoms with Crippen LogP contribution in [0.4, 0.5) is 0 Å². The Morgan fingerprint density at radius 2 is 2.50 bits per heavy atom. The third-order valence-corrected chi connectivity index (χ3v) is 3.23. The summed E-state index contributed by atoms with van der Waals surface area (Å²) >= 11 is 6.47. The van der Waals surface area contributed by atoms with Crippen molar-refractivity contribution in [2.75, 3.05) is 25.4 Å². The highest BCUT2D eigenvalue weighted by Crippen LogP contribution is 2.12. The van der Waals surface area contributed by atoms with Gasteiger partial charge in [-0.2, -0.15) is 0 Å². The summed E-state index contributed by atoms with van der Waals surface area (Å²) in [5.74, 6) is 1.11. The zero-order valence-corrected chi connectivity index (χ0v) is 9.96. The molecule has 1 rings (SSSR count). The lowest BCUT2D eigenvalue weighted by molar-refractivity contribution is -0.127. The molecule has 0 aromatic rings. The van der Waals surface area contributed by atoms with Gasteiger partial charge in [-0.15, -0.1) is 0 Å². The zero-order valence-electron chi connectivity index (χ0n) is 8.32. The van der Waals surface area contributed by atoms with Crippen molar-refractivity contribution in [1.82, 2.24) is 4.90 Å². The monoisotopic (exact) mass is 233 g/mol. The molecule has 3 nitrogen and oxygen atoms in total. The molecule has 0 aromatic heterocycles. The first-order valence-electron chi connectivity index (χ1n) is 4.81. The second kappa shape index (κ2) is 6.24. The molecular weight excluding hydrogens is 218 g/mol. The average Bonchev–Trinajstić information content (AvgIpc) is 2.52. The summed E-state index contributed by atoms with van der Waals surface area (Å²) in [4.78, 5) is 13.1. The number of ether oxygens (including phenoxy) is 1. The van der Waals surface area contributed by atoms with E-state index in [0.29, 0.717) is 17.4 Å². The van der Waals surface area contributed by atoms with Crippen LogP contribution in [0.2, 0.25) is 0 Å². The van der Waals surface area contributed by atoms with Crippen molar-refractivity contribution in [2.45, 2.75) is 19.8 Å². The van der Waals surface area contributed by atoms with Gasteiger partial charge in [-0.3, -0.25) is 4.79 Å². The summed E-state index contributed by atoms with van der Waals surface area (Å²) < 4.78 is 5.71. The average molecular weight is 233 g/mol. The third kappa shape index (κ3) is 3.84. The molecule has 0 aliphatic carbocycles. The summed E-state index contributed by atoms with van der Waals surface area (Å²) in [5, 5.41) is 0. The standard InChI is InChI=1S/C9H15NO2S2/c1-2-12-9(13)14-7-6-10-5-3-4-8(10)11/h2-7H2,1H3. The van der Waals surface area contributed by atoms with Crippen LogP contribution in [0.1, 0.15) is 19.8 Å². The summed E-state index contributed by atoms with van der Waals surface area (Å²) in [5.41, 5.74) is 0. The van der Waals surface area contributed by atoms with Crippen LogP contribution in [0.25, 0.3) is 0 Å². The number of rotatable bonds is 4. The number of carbonyl (C=O) groups excluding carboxylic acids is 1. The lowest BCUT2D eigenvalue weighted by atomic mass is 10.4. The number of carbonyl (C=O) groups is 1. The van der Waals surface area contributed by atoms with Crippen molar-refractivity contribution in [1.29, 1.82) is 0 Å². The van der Waals surface area contributed by atoms with E-state index in [0.717, 1.165) is 25.3 Å². The molecule has 1 heterocycles. The van der Waals surface area contributed by atoms with Gasteiger partial charge in [0, 0.05) is 25.3 Å². The normalized spacial score (nSPS) is 16.1. The number of amides is 1. The van der Waals surface area contributed by atoms with Crippen molar-refractivity contribution >= 4 is 34.3 Å². The quantitative estimate of drug-likeness (QED) is 0.691. The maximum Gasteiger partial charge on any atom is 0.222 e. The Morgan fingerprint density at radius 1 is 1.71 bits per heavy atom. The van der Waals surface area contributed by atoms with Gasteiger partial charge in [0.25, 0.3) is 0 Å². The fourth-order valence-corrected chi connectivity index (χ4v) is 2.39. The number of thiocarbonyl (C=S) groups is 1. The van der Waals surface area contributed by atoms with Crippen molar-refractivity contribution in [2.24, 2.45) is 0 Å². The molecule has 0 atom stereocenters. The van der Waals surface area contributed by atoms with Crippen molar-refractivity contribution in [3.8, 4) is 0 Å². The minimum atomic E-state index is 0.271. The molecule has 1 amide bonds. The Labute approximate surface area is 94.2 Å². The van der Waals surface area contributed by atoms with Crippen molar-refractivity contribution in [3.63, 3.8) is 0 Å². The van der Waals surface area contributed by atoms with Gasteiger partial charge in [-0.25, -0.2) is 0 Å². The first-order chi connectivity index (χ1) is 6.74. The third-order valence-electron chi connectivity index (χ3n) is 2.01. The Kier molecular flexibility index (Phi) is 5.25. The second-order valence-electron chi connectivity index (χ2n) is 3.02. The predicted molar refractivity (Wildman–Crippen MR) is 62.5 cm³/mol. The van der Waals surface area contributed by atoms with Gasteiger partial charge in [-0.05, 0) is 25.6 Å². The summed E-state index contributed by atoms with van der Waals surface area (Å²) in [6.07, 6.45) is 1.71. The van der Waals surface area contributed by atoms with E-state index in [1.165, 1.54) is 11.8 Å². The molecule has 0 bridgehead atoms. The van der Waals surface area contributed by atoms with E-state index in [-0.39, 0.29) is 5.91 Å². The molecule has 80 valence electrons. The van der Waals surface area contributed by atoms with Crippen LogP contribution in [-0.2, 0) is 9.53 Å². The molecule has 1 aliphatic rings. The number of thioether (sulfide) groups is 1. The molecule has 5 heteroatoms. The maximum absolute atomic E-state index is 11.2. The van der Waals surface area contributed by atoms with Crippen molar-refractivity contribution < 1.29 is 9.53 Å². The Bertz CT molecular complexity index is 221. The Balaban J connectivity index is 2.08. The molecule has 0 N–H and O–H groups in total. The maximum atomic E-state index is 11.2. The highest BCUT2D eigenvalue weighted by atomic mass is 32.2. The predicted octanol–water partition coefficient (Wildman–Crippen LogP) is 1.66. The molecular formula is C9H15NO2S2. The summed E-state index contributed by atoms with van der Waals surface area (Å²) in [6.45, 7) is 4.23. The van der Waals surface area contributed by atoms with Gasteiger partial charge in [0.15, 0.2) is 0 Å². The molecule has 0 unspecified atom stereocenters. The zero-order chi connectivity index (χ0) is 10.4. The van der Waals surface area contributed by atoms with Crippen LogP contribution in [0.3, 0.4) is 0 Å². The molecule has 1 saturated heterocycles. The minimum Gasteiger partial charge on any atom is -0.479 e. The van der Waals surface area contributed by atoms with Crippen LogP contribution < -0.4 is 0 Å². The number of likely N-dealkylation sites (tertiary alicyclic amines) is 1. The summed E-state index contributed by atoms with van der Waals surface area (Å²) in [6, 6.07) is 0. The molecule has 14 heavy (non-hydrogen) atoms. The van der Waals surface area contributed by atoms with E-state index in [2.05, 4.69) is 0 Å².